The molecule has 1 fully saturated rings. The lowest BCUT2D eigenvalue weighted by Gasteiger charge is -2.33. The molecule has 1 aliphatic heterocycles. The molecule has 1 amide bonds. The van der Waals surface area contributed by atoms with Crippen LogP contribution in [0.2, 0.25) is 5.02 Å². The summed E-state index contributed by atoms with van der Waals surface area (Å²) in [7, 11) is 0. The number of rotatable bonds is 3. The lowest BCUT2D eigenvalue weighted by atomic mass is 10.1. The zero-order valence-corrected chi connectivity index (χ0v) is 15.2. The van der Waals surface area contributed by atoms with Crippen LogP contribution in [0.15, 0.2) is 35.1 Å². The number of halogens is 1. The topological polar surface area (TPSA) is 123 Å². The fraction of sp³-hybridized carbons (Fsp3) is 0.278. The lowest BCUT2D eigenvalue weighted by Crippen LogP contribution is -2.43. The van der Waals surface area contributed by atoms with E-state index in [9.17, 15) is 4.79 Å². The number of hydrogen-bond acceptors (Lipinski definition) is 7. The molecule has 4 heterocycles. The molecule has 27 heavy (non-hydrogen) atoms. The van der Waals surface area contributed by atoms with Crippen molar-refractivity contribution >= 4 is 45.9 Å². The van der Waals surface area contributed by atoms with Crippen LogP contribution < -0.4 is 21.7 Å². The van der Waals surface area contributed by atoms with Crippen LogP contribution in [-0.4, -0.2) is 35.0 Å². The number of hydrogen-bond donors (Lipinski definition) is 3. The second-order valence-corrected chi connectivity index (χ2v) is 6.97. The molecule has 140 valence electrons. The second-order valence-electron chi connectivity index (χ2n) is 6.54. The maximum atomic E-state index is 12.9. The molecule has 1 saturated heterocycles. The summed E-state index contributed by atoms with van der Waals surface area (Å²) < 4.78 is 5.43. The largest absolute Gasteiger partial charge is 0.438 e. The predicted octanol–water partition coefficient (Wildman–Crippen LogP) is 2.64. The highest BCUT2D eigenvalue weighted by Crippen LogP contribution is 2.31. The number of piperidine rings is 1. The molecule has 0 saturated carbocycles. The number of fused-ring (bicyclic) bond motifs is 1. The Morgan fingerprint density at radius 2 is 2.26 bits per heavy atom. The average molecular weight is 387 g/mol. The molecular weight excluding hydrogens is 368 g/mol. The SMILES string of the molecule is Nc1oc2cc(Cl)cnc2c1C(=O)Nc1cnccc1N1CCC[C@@H](N)C1. The highest BCUT2D eigenvalue weighted by Gasteiger charge is 2.24. The molecule has 9 heteroatoms. The first-order chi connectivity index (χ1) is 13.0. The van der Waals surface area contributed by atoms with Crippen molar-refractivity contribution in [1.29, 1.82) is 0 Å². The van der Waals surface area contributed by atoms with Gasteiger partial charge in [0.05, 0.1) is 22.6 Å². The minimum atomic E-state index is -0.420. The molecule has 8 nitrogen and oxygen atoms in total. The molecule has 0 aromatic carbocycles. The number of pyridine rings is 2. The summed E-state index contributed by atoms with van der Waals surface area (Å²) >= 11 is 5.92. The van der Waals surface area contributed by atoms with Gasteiger partial charge in [-0.1, -0.05) is 11.6 Å². The molecule has 5 N–H and O–H groups in total. The van der Waals surface area contributed by atoms with Gasteiger partial charge in [-0.2, -0.15) is 0 Å². The normalized spacial score (nSPS) is 17.3. The molecule has 3 aromatic heterocycles. The summed E-state index contributed by atoms with van der Waals surface area (Å²) in [5, 5.41) is 3.28. The van der Waals surface area contributed by atoms with E-state index < -0.39 is 5.91 Å². The minimum absolute atomic E-state index is 0.0114. The molecule has 0 aliphatic carbocycles. The summed E-state index contributed by atoms with van der Waals surface area (Å²) in [6, 6.07) is 3.54. The third kappa shape index (κ3) is 3.41. The molecular formula is C18H19ClN6O2. The van der Waals surface area contributed by atoms with Crippen molar-refractivity contribution in [3.05, 3.63) is 41.3 Å². The second kappa shape index (κ2) is 7.05. The van der Waals surface area contributed by atoms with E-state index in [-0.39, 0.29) is 17.5 Å². The molecule has 1 atom stereocenters. The Kier molecular flexibility index (Phi) is 4.59. The first kappa shape index (κ1) is 17.6. The molecule has 3 aromatic rings. The van der Waals surface area contributed by atoms with E-state index in [2.05, 4.69) is 20.2 Å². The zero-order chi connectivity index (χ0) is 19.0. The van der Waals surface area contributed by atoms with E-state index >= 15 is 0 Å². The van der Waals surface area contributed by atoms with Crippen LogP contribution in [0.5, 0.6) is 0 Å². The monoisotopic (exact) mass is 386 g/mol. The maximum absolute atomic E-state index is 12.9. The van der Waals surface area contributed by atoms with Crippen molar-refractivity contribution in [3.8, 4) is 0 Å². The Morgan fingerprint density at radius 3 is 3.07 bits per heavy atom. The van der Waals surface area contributed by atoms with Gasteiger partial charge in [0.1, 0.15) is 11.1 Å². The van der Waals surface area contributed by atoms with Crippen LogP contribution in [0.1, 0.15) is 23.2 Å². The fourth-order valence-electron chi connectivity index (χ4n) is 3.36. The average Bonchev–Trinajstić information content (AvgIpc) is 2.97. The summed E-state index contributed by atoms with van der Waals surface area (Å²) in [6.07, 6.45) is 6.74. The van der Waals surface area contributed by atoms with Gasteiger partial charge in [-0.25, -0.2) is 0 Å². The van der Waals surface area contributed by atoms with Gasteiger partial charge in [0.15, 0.2) is 5.58 Å². The molecule has 0 bridgehead atoms. The Bertz CT molecular complexity index is 1000. The van der Waals surface area contributed by atoms with Crippen molar-refractivity contribution in [2.24, 2.45) is 5.73 Å². The number of aromatic nitrogens is 2. The van der Waals surface area contributed by atoms with Crippen LogP contribution in [0.4, 0.5) is 17.3 Å². The van der Waals surface area contributed by atoms with Gasteiger partial charge in [0.2, 0.25) is 5.88 Å². The van der Waals surface area contributed by atoms with Crippen LogP contribution in [0.25, 0.3) is 11.1 Å². The van der Waals surface area contributed by atoms with Gasteiger partial charge in [-0.05, 0) is 18.9 Å². The number of nitrogen functional groups attached to an aromatic ring is 1. The van der Waals surface area contributed by atoms with Crippen LogP contribution in [-0.2, 0) is 0 Å². The van der Waals surface area contributed by atoms with Crippen molar-refractivity contribution < 1.29 is 9.21 Å². The van der Waals surface area contributed by atoms with E-state index in [1.54, 1.807) is 18.5 Å². The summed E-state index contributed by atoms with van der Waals surface area (Å²) in [4.78, 5) is 23.4. The Labute approximate surface area is 160 Å². The Balaban J connectivity index is 1.65. The zero-order valence-electron chi connectivity index (χ0n) is 14.5. The molecule has 4 rings (SSSR count). The molecule has 0 spiro atoms. The van der Waals surface area contributed by atoms with Gasteiger partial charge >= 0.3 is 0 Å². The van der Waals surface area contributed by atoms with Crippen molar-refractivity contribution in [3.63, 3.8) is 0 Å². The van der Waals surface area contributed by atoms with Gasteiger partial charge in [-0.3, -0.25) is 14.8 Å². The number of nitrogens with two attached hydrogens (primary N) is 2. The lowest BCUT2D eigenvalue weighted by molar-refractivity contribution is 0.102. The van der Waals surface area contributed by atoms with Crippen molar-refractivity contribution in [2.75, 3.05) is 29.0 Å². The number of amides is 1. The number of carbonyl (C=O) groups excluding carboxylic acids is 1. The van der Waals surface area contributed by atoms with Gasteiger partial charge in [0.25, 0.3) is 5.91 Å². The number of carbonyl (C=O) groups is 1. The molecule has 0 unspecified atom stereocenters. The molecule has 0 radical (unpaired) electrons. The smallest absolute Gasteiger partial charge is 0.263 e. The summed E-state index contributed by atoms with van der Waals surface area (Å²) in [5.41, 5.74) is 14.3. The third-order valence-electron chi connectivity index (χ3n) is 4.59. The van der Waals surface area contributed by atoms with Gasteiger partial charge < -0.3 is 26.1 Å². The van der Waals surface area contributed by atoms with Crippen molar-refractivity contribution in [2.45, 2.75) is 18.9 Å². The number of anilines is 3. The van der Waals surface area contributed by atoms with Crippen LogP contribution in [0, 0.1) is 0 Å². The first-order valence-corrected chi connectivity index (χ1v) is 9.00. The van der Waals surface area contributed by atoms with Gasteiger partial charge in [-0.15, -0.1) is 0 Å². The quantitative estimate of drug-likeness (QED) is 0.632. The number of nitrogens with zero attached hydrogens (tertiary/aromatic N) is 3. The number of furan rings is 1. The first-order valence-electron chi connectivity index (χ1n) is 8.62. The highest BCUT2D eigenvalue weighted by molar-refractivity contribution is 6.31. The molecule has 1 aliphatic rings. The van der Waals surface area contributed by atoms with Gasteiger partial charge in [0, 0.05) is 37.6 Å². The minimum Gasteiger partial charge on any atom is -0.438 e. The summed E-state index contributed by atoms with van der Waals surface area (Å²) in [5.74, 6) is -0.431. The van der Waals surface area contributed by atoms with E-state index in [1.807, 2.05) is 6.07 Å². The van der Waals surface area contributed by atoms with E-state index in [0.717, 1.165) is 31.6 Å². The standard InChI is InChI=1S/C18H19ClN6O2/c19-10-6-14-16(23-7-10)15(17(21)27-14)18(26)24-12-8-22-4-3-13(12)25-5-1-2-11(20)9-25/h3-4,6-8,11H,1-2,5,9,20-21H2,(H,24,26)/t11-/m1/s1. The maximum Gasteiger partial charge on any atom is 0.263 e. The Morgan fingerprint density at radius 1 is 1.41 bits per heavy atom. The van der Waals surface area contributed by atoms with Crippen molar-refractivity contribution in [1.82, 2.24) is 9.97 Å². The highest BCUT2D eigenvalue weighted by atomic mass is 35.5. The number of nitrogens with one attached hydrogen (secondary N) is 1. The summed E-state index contributed by atoms with van der Waals surface area (Å²) in [6.45, 7) is 1.60. The third-order valence-corrected chi connectivity index (χ3v) is 4.80. The fourth-order valence-corrected chi connectivity index (χ4v) is 3.51. The van der Waals surface area contributed by atoms with E-state index in [4.69, 9.17) is 27.5 Å². The van der Waals surface area contributed by atoms with Crippen LogP contribution >= 0.6 is 11.6 Å². The predicted molar refractivity (Wildman–Crippen MR) is 105 cm³/mol. The Hall–Kier alpha value is -2.84. The van der Waals surface area contributed by atoms with E-state index in [0.29, 0.717) is 21.8 Å². The van der Waals surface area contributed by atoms with Crippen LogP contribution in [0.3, 0.4) is 0 Å². The van der Waals surface area contributed by atoms with E-state index in [1.165, 1.54) is 6.20 Å².